The smallest absolute Gasteiger partial charge is 0.319 e. The molecule has 2 aromatic rings. The lowest BCUT2D eigenvalue weighted by Gasteiger charge is -2.33. The van der Waals surface area contributed by atoms with Crippen LogP contribution in [0.2, 0.25) is 0 Å². The Kier molecular flexibility index (Phi) is 6.54. The van der Waals surface area contributed by atoms with Crippen molar-refractivity contribution >= 4 is 11.7 Å². The first-order chi connectivity index (χ1) is 13.2. The van der Waals surface area contributed by atoms with Gasteiger partial charge in [-0.3, -0.25) is 4.90 Å². The lowest BCUT2D eigenvalue weighted by atomic mass is 10.0. The Morgan fingerprint density at radius 3 is 2.81 bits per heavy atom. The molecule has 6 heteroatoms. The highest BCUT2D eigenvalue weighted by atomic mass is 16.5. The molecule has 0 radical (unpaired) electrons. The zero-order valence-corrected chi connectivity index (χ0v) is 15.9. The van der Waals surface area contributed by atoms with E-state index >= 15 is 0 Å². The van der Waals surface area contributed by atoms with E-state index in [-0.39, 0.29) is 12.1 Å². The van der Waals surface area contributed by atoms with Crippen LogP contribution in [0.3, 0.4) is 0 Å². The molecule has 3 rings (SSSR count). The van der Waals surface area contributed by atoms with E-state index in [1.165, 1.54) is 5.56 Å². The number of carbonyl (C=O) groups is 1. The molecule has 144 valence electrons. The molecule has 1 atom stereocenters. The highest BCUT2D eigenvalue weighted by Crippen LogP contribution is 2.23. The van der Waals surface area contributed by atoms with Crippen LogP contribution in [0.15, 0.2) is 48.5 Å². The van der Waals surface area contributed by atoms with E-state index in [9.17, 15) is 4.79 Å². The number of para-hydroxylation sites is 2. The van der Waals surface area contributed by atoms with Crippen molar-refractivity contribution in [1.82, 2.24) is 10.2 Å². The Labute approximate surface area is 160 Å². The Hall–Kier alpha value is -2.73. The van der Waals surface area contributed by atoms with E-state index in [1.54, 1.807) is 14.2 Å². The Bertz CT molecular complexity index is 766. The van der Waals surface area contributed by atoms with Crippen LogP contribution in [0.5, 0.6) is 11.5 Å². The topological polar surface area (TPSA) is 62.8 Å². The fourth-order valence-corrected chi connectivity index (χ4v) is 3.44. The summed E-state index contributed by atoms with van der Waals surface area (Å²) in [5.41, 5.74) is 1.88. The standard InChI is InChI=1S/C21H27N3O3/c1-26-18-9-5-7-16(13-18)14-24-12-6-8-17(15-24)22-21(25)23-19-10-3-4-11-20(19)27-2/h3-5,7,9-11,13,17H,6,8,12,14-15H2,1-2H3,(H2,22,23,25). The zero-order chi connectivity index (χ0) is 19.1. The molecule has 2 amide bonds. The third kappa shape index (κ3) is 5.37. The lowest BCUT2D eigenvalue weighted by molar-refractivity contribution is 0.183. The molecule has 2 N–H and O–H groups in total. The van der Waals surface area contributed by atoms with Crippen LogP contribution in [0, 0.1) is 0 Å². The first kappa shape index (κ1) is 19.0. The van der Waals surface area contributed by atoms with Gasteiger partial charge in [-0.2, -0.15) is 0 Å². The van der Waals surface area contributed by atoms with E-state index in [4.69, 9.17) is 9.47 Å². The van der Waals surface area contributed by atoms with Crippen molar-refractivity contribution in [1.29, 1.82) is 0 Å². The average molecular weight is 369 g/mol. The number of ether oxygens (including phenoxy) is 2. The summed E-state index contributed by atoms with van der Waals surface area (Å²) in [7, 11) is 3.27. The number of piperidine rings is 1. The quantitative estimate of drug-likeness (QED) is 0.818. The Balaban J connectivity index is 1.54. The molecule has 0 saturated carbocycles. The maximum Gasteiger partial charge on any atom is 0.319 e. The van der Waals surface area contributed by atoms with Gasteiger partial charge in [0, 0.05) is 19.1 Å². The van der Waals surface area contributed by atoms with Crippen molar-refractivity contribution in [2.75, 3.05) is 32.6 Å². The summed E-state index contributed by atoms with van der Waals surface area (Å²) in [6, 6.07) is 15.4. The molecule has 1 heterocycles. The SMILES string of the molecule is COc1cccc(CN2CCCC(NC(=O)Nc3ccccc3OC)C2)c1. The molecule has 1 aliphatic rings. The highest BCUT2D eigenvalue weighted by Gasteiger charge is 2.22. The number of hydrogen-bond donors (Lipinski definition) is 2. The third-order valence-electron chi connectivity index (χ3n) is 4.74. The first-order valence-corrected chi connectivity index (χ1v) is 9.23. The maximum absolute atomic E-state index is 12.4. The van der Waals surface area contributed by atoms with Gasteiger partial charge >= 0.3 is 6.03 Å². The second kappa shape index (κ2) is 9.28. The minimum Gasteiger partial charge on any atom is -0.497 e. The van der Waals surface area contributed by atoms with Crippen molar-refractivity contribution in [3.63, 3.8) is 0 Å². The molecule has 0 aliphatic carbocycles. The number of rotatable bonds is 6. The summed E-state index contributed by atoms with van der Waals surface area (Å²) in [6.07, 6.45) is 2.04. The van der Waals surface area contributed by atoms with Gasteiger partial charge in [0.1, 0.15) is 11.5 Å². The second-order valence-corrected chi connectivity index (χ2v) is 6.72. The number of benzene rings is 2. The average Bonchev–Trinajstić information content (AvgIpc) is 2.68. The van der Waals surface area contributed by atoms with Crippen molar-refractivity contribution in [3.05, 3.63) is 54.1 Å². The van der Waals surface area contributed by atoms with Crippen molar-refractivity contribution in [3.8, 4) is 11.5 Å². The van der Waals surface area contributed by atoms with Crippen LogP contribution in [0.25, 0.3) is 0 Å². The monoisotopic (exact) mass is 369 g/mol. The molecule has 0 aromatic heterocycles. The molecule has 1 aliphatic heterocycles. The fourth-order valence-electron chi connectivity index (χ4n) is 3.44. The molecule has 0 bridgehead atoms. The molecule has 27 heavy (non-hydrogen) atoms. The van der Waals surface area contributed by atoms with E-state index in [0.29, 0.717) is 11.4 Å². The van der Waals surface area contributed by atoms with Gasteiger partial charge in [-0.05, 0) is 49.2 Å². The number of urea groups is 1. The highest BCUT2D eigenvalue weighted by molar-refractivity contribution is 5.91. The summed E-state index contributed by atoms with van der Waals surface area (Å²) in [6.45, 7) is 2.71. The number of carbonyl (C=O) groups excluding carboxylic acids is 1. The Morgan fingerprint density at radius 1 is 1.15 bits per heavy atom. The number of likely N-dealkylation sites (tertiary alicyclic amines) is 1. The molecular weight excluding hydrogens is 342 g/mol. The minimum atomic E-state index is -0.201. The maximum atomic E-state index is 12.4. The van der Waals surface area contributed by atoms with Gasteiger partial charge in [-0.25, -0.2) is 4.79 Å². The number of methoxy groups -OCH3 is 2. The summed E-state index contributed by atoms with van der Waals surface area (Å²) in [5.74, 6) is 1.52. The number of hydrogen-bond acceptors (Lipinski definition) is 4. The summed E-state index contributed by atoms with van der Waals surface area (Å²) in [5, 5.41) is 5.96. The van der Waals surface area contributed by atoms with Gasteiger partial charge in [0.25, 0.3) is 0 Å². The zero-order valence-electron chi connectivity index (χ0n) is 15.9. The second-order valence-electron chi connectivity index (χ2n) is 6.72. The summed E-state index contributed by atoms with van der Waals surface area (Å²) in [4.78, 5) is 14.8. The molecular formula is C21H27N3O3. The molecule has 0 spiro atoms. The summed E-state index contributed by atoms with van der Waals surface area (Å²) < 4.78 is 10.6. The van der Waals surface area contributed by atoms with Crippen molar-refractivity contribution < 1.29 is 14.3 Å². The summed E-state index contributed by atoms with van der Waals surface area (Å²) >= 11 is 0. The largest absolute Gasteiger partial charge is 0.497 e. The van der Waals surface area contributed by atoms with Crippen LogP contribution in [0.4, 0.5) is 10.5 Å². The Morgan fingerprint density at radius 2 is 2.00 bits per heavy atom. The molecule has 1 fully saturated rings. The van der Waals surface area contributed by atoms with Crippen LogP contribution < -0.4 is 20.1 Å². The van der Waals surface area contributed by atoms with E-state index in [2.05, 4.69) is 27.7 Å². The van der Waals surface area contributed by atoms with Gasteiger partial charge in [-0.1, -0.05) is 24.3 Å². The van der Waals surface area contributed by atoms with Gasteiger partial charge in [-0.15, -0.1) is 0 Å². The number of amides is 2. The van der Waals surface area contributed by atoms with Crippen molar-refractivity contribution in [2.45, 2.75) is 25.4 Å². The third-order valence-corrected chi connectivity index (χ3v) is 4.74. The van der Waals surface area contributed by atoms with Crippen molar-refractivity contribution in [2.24, 2.45) is 0 Å². The van der Waals surface area contributed by atoms with Crippen LogP contribution in [0.1, 0.15) is 18.4 Å². The molecule has 1 unspecified atom stereocenters. The van der Waals surface area contributed by atoms with E-state index < -0.39 is 0 Å². The van der Waals surface area contributed by atoms with Gasteiger partial charge in [0.2, 0.25) is 0 Å². The van der Waals surface area contributed by atoms with Gasteiger partial charge in [0.05, 0.1) is 19.9 Å². The number of nitrogens with zero attached hydrogens (tertiary/aromatic N) is 1. The van der Waals surface area contributed by atoms with Gasteiger partial charge < -0.3 is 20.1 Å². The predicted molar refractivity (Wildman–Crippen MR) is 106 cm³/mol. The van der Waals surface area contributed by atoms with E-state index in [1.807, 2.05) is 36.4 Å². The molecule has 6 nitrogen and oxygen atoms in total. The number of anilines is 1. The van der Waals surface area contributed by atoms with Crippen LogP contribution >= 0.6 is 0 Å². The fraction of sp³-hybridized carbons (Fsp3) is 0.381. The molecule has 1 saturated heterocycles. The molecule has 2 aromatic carbocycles. The van der Waals surface area contributed by atoms with E-state index in [0.717, 1.165) is 38.2 Å². The predicted octanol–water partition coefficient (Wildman–Crippen LogP) is 3.49. The minimum absolute atomic E-state index is 0.124. The van der Waals surface area contributed by atoms with Gasteiger partial charge in [0.15, 0.2) is 0 Å². The first-order valence-electron chi connectivity index (χ1n) is 9.23. The lowest BCUT2D eigenvalue weighted by Crippen LogP contribution is -2.48. The normalized spacial score (nSPS) is 17.2. The number of nitrogens with one attached hydrogen (secondary N) is 2. The van der Waals surface area contributed by atoms with Crippen LogP contribution in [-0.4, -0.2) is 44.3 Å². The van der Waals surface area contributed by atoms with Crippen LogP contribution in [-0.2, 0) is 6.54 Å².